The van der Waals surface area contributed by atoms with Crippen LogP contribution in [0.25, 0.3) is 10.9 Å². The number of aromatic nitrogens is 5. The number of amides is 1. The molecule has 9 N–H and O–H groups in total. The largest absolute Gasteiger partial charge is 0.364 e. The average Bonchev–Trinajstić information content (AvgIpc) is 3.17. The second-order valence-corrected chi connectivity index (χ2v) is 8.17. The van der Waals surface area contributed by atoms with E-state index in [2.05, 4.69) is 35.8 Å². The Kier molecular flexibility index (Phi) is 6.07. The van der Waals surface area contributed by atoms with Gasteiger partial charge in [-0.25, -0.2) is 4.68 Å². The molecule has 0 aliphatic carbocycles. The standard InChI is InChI=1S/C19H25N9O6/c1-27-6-2-3-12(9-27)23-17-24-16(14(15(20)29)25-26-17)22-11-4-5-13-10(7-11)8-21-28(13)18(30,31)19(32,33)34/h4-5,7-8,12,30-34H,2-3,6,9H2,1H3,(H2,20,29)(H2,22,23,24,26). The molecule has 34 heavy (non-hydrogen) atoms. The van der Waals surface area contributed by atoms with Gasteiger partial charge in [-0.1, -0.05) is 0 Å². The van der Waals surface area contributed by atoms with Gasteiger partial charge in [0.05, 0.1) is 11.7 Å². The number of carbonyl (C=O) groups is 1. The van der Waals surface area contributed by atoms with Crippen LogP contribution in [0.5, 0.6) is 0 Å². The number of hydrogen-bond acceptors (Lipinski definition) is 13. The molecule has 15 nitrogen and oxygen atoms in total. The summed E-state index contributed by atoms with van der Waals surface area (Å²) in [5, 5.41) is 65.5. The van der Waals surface area contributed by atoms with Crippen molar-refractivity contribution in [1.82, 2.24) is 29.9 Å². The van der Waals surface area contributed by atoms with Crippen molar-refractivity contribution in [3.63, 3.8) is 0 Å². The van der Waals surface area contributed by atoms with Gasteiger partial charge in [0.2, 0.25) is 5.95 Å². The normalized spacial score (nSPS) is 17.6. The van der Waals surface area contributed by atoms with Crippen molar-refractivity contribution in [3.8, 4) is 0 Å². The van der Waals surface area contributed by atoms with Gasteiger partial charge in [0.15, 0.2) is 11.5 Å². The zero-order chi connectivity index (χ0) is 24.7. The number of anilines is 3. The molecule has 2 aromatic heterocycles. The second-order valence-electron chi connectivity index (χ2n) is 8.17. The molecule has 0 saturated carbocycles. The molecule has 1 unspecified atom stereocenters. The summed E-state index contributed by atoms with van der Waals surface area (Å²) in [7, 11) is 2.02. The van der Waals surface area contributed by atoms with Crippen LogP contribution in [0.1, 0.15) is 23.3 Å². The third kappa shape index (κ3) is 4.60. The van der Waals surface area contributed by atoms with Crippen LogP contribution < -0.4 is 16.4 Å². The molecule has 1 aliphatic heterocycles. The lowest BCUT2D eigenvalue weighted by Gasteiger charge is -2.30. The maximum atomic E-state index is 11.8. The van der Waals surface area contributed by atoms with Crippen LogP contribution >= 0.6 is 0 Å². The van der Waals surface area contributed by atoms with Crippen LogP contribution in [-0.2, 0) is 5.91 Å². The van der Waals surface area contributed by atoms with Gasteiger partial charge in [0.25, 0.3) is 5.91 Å². The monoisotopic (exact) mass is 475 g/mol. The fraction of sp³-hybridized carbons (Fsp3) is 0.421. The van der Waals surface area contributed by atoms with E-state index in [0.29, 0.717) is 15.8 Å². The minimum Gasteiger partial charge on any atom is -0.364 e. The highest BCUT2D eigenvalue weighted by molar-refractivity contribution is 5.96. The fourth-order valence-electron chi connectivity index (χ4n) is 3.74. The van der Waals surface area contributed by atoms with Gasteiger partial charge in [0.1, 0.15) is 0 Å². The summed E-state index contributed by atoms with van der Waals surface area (Å²) in [5.74, 6) is -7.96. The van der Waals surface area contributed by atoms with E-state index >= 15 is 0 Å². The Morgan fingerprint density at radius 2 is 1.97 bits per heavy atom. The van der Waals surface area contributed by atoms with Gasteiger partial charge >= 0.3 is 11.9 Å². The zero-order valence-electron chi connectivity index (χ0n) is 18.1. The lowest BCUT2D eigenvalue weighted by Crippen LogP contribution is -2.56. The van der Waals surface area contributed by atoms with E-state index in [0.717, 1.165) is 25.9 Å². The van der Waals surface area contributed by atoms with E-state index in [9.17, 15) is 30.3 Å². The number of hydrogen-bond donors (Lipinski definition) is 8. The number of likely N-dealkylation sites (tertiary alicyclic amines) is 1. The summed E-state index contributed by atoms with van der Waals surface area (Å²) in [4.78, 5) is 18.4. The third-order valence-electron chi connectivity index (χ3n) is 5.45. The molecule has 182 valence electrons. The van der Waals surface area contributed by atoms with E-state index in [1.165, 1.54) is 24.4 Å². The van der Waals surface area contributed by atoms with E-state index in [-0.39, 0.29) is 29.0 Å². The Morgan fingerprint density at radius 3 is 2.65 bits per heavy atom. The van der Waals surface area contributed by atoms with Crippen molar-refractivity contribution in [2.75, 3.05) is 30.8 Å². The van der Waals surface area contributed by atoms with Crippen LogP contribution in [0, 0.1) is 0 Å². The molecule has 15 heteroatoms. The van der Waals surface area contributed by atoms with Crippen LogP contribution in [0.2, 0.25) is 0 Å². The number of likely N-dealkylation sites (N-methyl/N-ethyl adjacent to an activating group) is 1. The number of piperidine rings is 1. The minimum atomic E-state index is -3.87. The highest BCUT2D eigenvalue weighted by Crippen LogP contribution is 2.28. The lowest BCUT2D eigenvalue weighted by atomic mass is 10.1. The number of nitrogens with zero attached hydrogens (tertiary/aromatic N) is 6. The maximum Gasteiger partial charge on any atom is 0.357 e. The summed E-state index contributed by atoms with van der Waals surface area (Å²) < 4.78 is 0.427. The molecule has 1 amide bonds. The molecule has 1 atom stereocenters. The third-order valence-corrected chi connectivity index (χ3v) is 5.45. The smallest absolute Gasteiger partial charge is 0.357 e. The van der Waals surface area contributed by atoms with Crippen LogP contribution in [-0.4, -0.2) is 93.5 Å². The van der Waals surface area contributed by atoms with Crippen molar-refractivity contribution >= 4 is 34.3 Å². The Bertz CT molecular complexity index is 1210. The first-order valence-electron chi connectivity index (χ1n) is 10.3. The van der Waals surface area contributed by atoms with Gasteiger partial charge in [0, 0.05) is 23.7 Å². The van der Waals surface area contributed by atoms with Gasteiger partial charge in [-0.3, -0.25) is 4.79 Å². The summed E-state index contributed by atoms with van der Waals surface area (Å²) in [6.45, 7) is 1.81. The van der Waals surface area contributed by atoms with Crippen molar-refractivity contribution < 1.29 is 30.3 Å². The Hall–Kier alpha value is -3.47. The first-order chi connectivity index (χ1) is 16.0. The number of fused-ring (bicyclic) bond motifs is 1. The van der Waals surface area contributed by atoms with E-state index in [1.54, 1.807) is 0 Å². The molecule has 1 fully saturated rings. The molecule has 0 spiro atoms. The van der Waals surface area contributed by atoms with Crippen molar-refractivity contribution in [2.45, 2.75) is 30.8 Å². The summed E-state index contributed by atoms with van der Waals surface area (Å²) in [5.41, 5.74) is 5.69. The SMILES string of the molecule is CN1CCCC(Nc2nnc(C(N)=O)c(Nc3ccc4c(cnn4C(O)(O)C(O)(O)O)c3)n2)C1. The van der Waals surface area contributed by atoms with Crippen LogP contribution in [0.15, 0.2) is 24.4 Å². The quantitative estimate of drug-likeness (QED) is 0.170. The van der Waals surface area contributed by atoms with Gasteiger partial charge in [-0.15, -0.1) is 10.2 Å². The van der Waals surface area contributed by atoms with E-state index < -0.39 is 17.8 Å². The lowest BCUT2D eigenvalue weighted by molar-refractivity contribution is -0.482. The Labute approximate surface area is 192 Å². The molecule has 1 aromatic carbocycles. The predicted octanol–water partition coefficient (Wildman–Crippen LogP) is -2.20. The number of benzene rings is 1. The predicted molar refractivity (Wildman–Crippen MR) is 117 cm³/mol. The highest BCUT2D eigenvalue weighted by atomic mass is 16.7. The minimum absolute atomic E-state index is 0.0526. The van der Waals surface area contributed by atoms with Gasteiger partial charge < -0.3 is 46.8 Å². The van der Waals surface area contributed by atoms with Crippen LogP contribution in [0.3, 0.4) is 0 Å². The average molecular weight is 475 g/mol. The van der Waals surface area contributed by atoms with E-state index in [4.69, 9.17) is 5.73 Å². The molecule has 1 saturated heterocycles. The second kappa shape index (κ2) is 8.71. The number of rotatable bonds is 7. The van der Waals surface area contributed by atoms with Crippen molar-refractivity contribution in [2.24, 2.45) is 5.73 Å². The number of nitrogens with one attached hydrogen (secondary N) is 2. The number of carbonyl (C=O) groups excluding carboxylic acids is 1. The van der Waals surface area contributed by atoms with E-state index in [1.807, 2.05) is 7.05 Å². The molecule has 3 heterocycles. The number of nitrogens with two attached hydrogens (primary N) is 1. The topological polar surface area (TPSA) is 228 Å². The molecule has 0 bridgehead atoms. The summed E-state index contributed by atoms with van der Waals surface area (Å²) in [6, 6.07) is 4.47. The Balaban J connectivity index is 1.62. The summed E-state index contributed by atoms with van der Waals surface area (Å²) >= 11 is 0. The maximum absolute atomic E-state index is 11.8. The molecular formula is C19H25N9O6. The van der Waals surface area contributed by atoms with Crippen LogP contribution in [0.4, 0.5) is 17.5 Å². The molecule has 1 aliphatic rings. The molecule has 4 rings (SSSR count). The number of aliphatic hydroxyl groups is 5. The Morgan fingerprint density at radius 1 is 1.21 bits per heavy atom. The number of primary amides is 1. The molecule has 0 radical (unpaired) electrons. The molecular weight excluding hydrogens is 450 g/mol. The highest BCUT2D eigenvalue weighted by Gasteiger charge is 2.50. The van der Waals surface area contributed by atoms with Crippen molar-refractivity contribution in [1.29, 1.82) is 0 Å². The van der Waals surface area contributed by atoms with Gasteiger partial charge in [-0.05, 0) is 44.6 Å². The zero-order valence-corrected chi connectivity index (χ0v) is 18.1. The fourth-order valence-corrected chi connectivity index (χ4v) is 3.74. The van der Waals surface area contributed by atoms with Gasteiger partial charge in [-0.2, -0.15) is 10.1 Å². The molecule has 3 aromatic rings. The first-order valence-corrected chi connectivity index (χ1v) is 10.3. The summed E-state index contributed by atoms with van der Waals surface area (Å²) in [6.07, 6.45) is 3.16. The first kappa shape index (κ1) is 23.7. The van der Waals surface area contributed by atoms with Crippen molar-refractivity contribution in [3.05, 3.63) is 30.1 Å².